The van der Waals surface area contributed by atoms with Gasteiger partial charge in [0.2, 0.25) is 0 Å². The highest BCUT2D eigenvalue weighted by molar-refractivity contribution is 5.88. The van der Waals surface area contributed by atoms with Crippen LogP contribution >= 0.6 is 0 Å². The minimum absolute atomic E-state index is 0.617. The van der Waals surface area contributed by atoms with E-state index in [-0.39, 0.29) is 0 Å². The molecule has 5 N–H and O–H groups in total. The Balaban J connectivity index is -0.000000335. The number of carbonyl (C=O) groups is 4. The van der Waals surface area contributed by atoms with Crippen molar-refractivity contribution in [1.29, 1.82) is 0 Å². The molecule has 0 aromatic rings. The lowest BCUT2D eigenvalue weighted by Gasteiger charge is -2.18. The molecule has 10 nitrogen and oxygen atoms in total. The average Bonchev–Trinajstić information content (AvgIpc) is 2.37. The zero-order valence-electron chi connectivity index (χ0n) is 13.2. The van der Waals surface area contributed by atoms with Gasteiger partial charge < -0.3 is 30.3 Å². The molecule has 138 valence electrons. The van der Waals surface area contributed by atoms with Crippen LogP contribution < -0.4 is 0 Å². The lowest BCUT2D eigenvalue weighted by molar-refractivity contribution is -0.170. The Morgan fingerprint density at radius 3 is 1.38 bits per heavy atom. The molecule has 0 saturated heterocycles. The number of carboxylic acid groups (broad SMARTS) is 4. The summed E-state index contributed by atoms with van der Waals surface area (Å²) in [5.74, 6) is -5.85. The van der Waals surface area contributed by atoms with Crippen molar-refractivity contribution in [2.24, 2.45) is 0 Å². The van der Waals surface area contributed by atoms with Crippen molar-refractivity contribution in [3.63, 3.8) is 0 Å². The van der Waals surface area contributed by atoms with Crippen molar-refractivity contribution in [2.75, 3.05) is 13.2 Å². The molecule has 10 heteroatoms. The highest BCUT2D eigenvalue weighted by Crippen LogP contribution is 2.15. The number of aliphatic carboxylic acids is 4. The lowest BCUT2D eigenvalue weighted by Crippen LogP contribution is -2.42. The van der Waals surface area contributed by atoms with Gasteiger partial charge in [0.1, 0.15) is 0 Å². The SMILES string of the molecule is C=CCOCC=C.CC(=O)O.O=C(O)CC(O)(CC(=O)O)C(=O)O. The third-order valence-corrected chi connectivity index (χ3v) is 1.76. The molecule has 0 aromatic heterocycles. The molecule has 0 fully saturated rings. The minimum Gasteiger partial charge on any atom is -0.481 e. The van der Waals surface area contributed by atoms with Crippen LogP contribution in [0.4, 0.5) is 0 Å². The van der Waals surface area contributed by atoms with Gasteiger partial charge in [-0.15, -0.1) is 13.2 Å². The van der Waals surface area contributed by atoms with E-state index < -0.39 is 42.3 Å². The summed E-state index contributed by atoms with van der Waals surface area (Å²) < 4.78 is 4.90. The molecule has 24 heavy (non-hydrogen) atoms. The van der Waals surface area contributed by atoms with Gasteiger partial charge in [0.05, 0.1) is 26.1 Å². The number of hydrogen-bond donors (Lipinski definition) is 5. The highest BCUT2D eigenvalue weighted by atomic mass is 16.5. The summed E-state index contributed by atoms with van der Waals surface area (Å²) in [7, 11) is 0. The van der Waals surface area contributed by atoms with Crippen LogP contribution in [0.5, 0.6) is 0 Å². The van der Waals surface area contributed by atoms with Crippen LogP contribution in [0.2, 0.25) is 0 Å². The van der Waals surface area contributed by atoms with E-state index in [4.69, 9.17) is 35.1 Å². The fourth-order valence-corrected chi connectivity index (χ4v) is 0.949. The van der Waals surface area contributed by atoms with Crippen LogP contribution in [0, 0.1) is 0 Å². The first-order valence-corrected chi connectivity index (χ1v) is 6.31. The second-order valence-electron chi connectivity index (χ2n) is 4.11. The first-order valence-electron chi connectivity index (χ1n) is 6.31. The maximum Gasteiger partial charge on any atom is 0.336 e. The first-order chi connectivity index (χ1) is 10.9. The molecule has 0 heterocycles. The molecule has 0 aliphatic heterocycles. The first kappa shape index (κ1) is 26.2. The molecule has 0 aliphatic rings. The second kappa shape index (κ2) is 15.2. The van der Waals surface area contributed by atoms with Gasteiger partial charge >= 0.3 is 17.9 Å². The molecule has 0 spiro atoms. The predicted molar refractivity (Wildman–Crippen MR) is 81.6 cm³/mol. The summed E-state index contributed by atoms with van der Waals surface area (Å²) in [4.78, 5) is 39.5. The number of carboxylic acids is 4. The number of aliphatic hydroxyl groups is 1. The molecule has 0 rings (SSSR count). The second-order valence-corrected chi connectivity index (χ2v) is 4.11. The maximum atomic E-state index is 10.3. The highest BCUT2D eigenvalue weighted by Gasteiger charge is 2.40. The quantitative estimate of drug-likeness (QED) is 0.285. The van der Waals surface area contributed by atoms with Crippen LogP contribution in [0.25, 0.3) is 0 Å². The average molecular weight is 350 g/mol. The molecule has 0 saturated carbocycles. The fraction of sp³-hybridized carbons (Fsp3) is 0.429. The van der Waals surface area contributed by atoms with Crippen LogP contribution in [-0.2, 0) is 23.9 Å². The van der Waals surface area contributed by atoms with E-state index >= 15 is 0 Å². The molecular formula is C14H22O10. The Labute approximate surface area is 138 Å². The van der Waals surface area contributed by atoms with E-state index in [1.54, 1.807) is 12.2 Å². The molecule has 0 aliphatic carbocycles. The zero-order valence-corrected chi connectivity index (χ0v) is 13.2. The number of ether oxygens (including phenoxy) is 1. The Kier molecular flexibility index (Phi) is 16.6. The van der Waals surface area contributed by atoms with E-state index in [0.29, 0.717) is 13.2 Å². The Bertz CT molecular complexity index is 413. The topological polar surface area (TPSA) is 179 Å². The Morgan fingerprint density at radius 2 is 1.21 bits per heavy atom. The number of rotatable bonds is 9. The normalized spacial score (nSPS) is 9.25. The molecular weight excluding hydrogens is 328 g/mol. The third kappa shape index (κ3) is 21.6. The van der Waals surface area contributed by atoms with E-state index in [0.717, 1.165) is 6.92 Å². The fourth-order valence-electron chi connectivity index (χ4n) is 0.949. The molecule has 0 amide bonds. The summed E-state index contributed by atoms with van der Waals surface area (Å²) in [6, 6.07) is 0. The summed E-state index contributed by atoms with van der Waals surface area (Å²) in [5, 5.41) is 41.2. The van der Waals surface area contributed by atoms with Crippen molar-refractivity contribution >= 4 is 23.9 Å². The zero-order chi connectivity index (χ0) is 19.8. The van der Waals surface area contributed by atoms with Crippen molar-refractivity contribution < 1.29 is 49.4 Å². The summed E-state index contributed by atoms with van der Waals surface area (Å²) >= 11 is 0. The van der Waals surface area contributed by atoms with Crippen LogP contribution in [-0.4, -0.2) is 68.2 Å². The Hall–Kier alpha value is -2.72. The maximum absolute atomic E-state index is 10.3. The number of hydrogen-bond acceptors (Lipinski definition) is 6. The molecule has 0 unspecified atom stereocenters. The molecule has 0 atom stereocenters. The smallest absolute Gasteiger partial charge is 0.336 e. The Morgan fingerprint density at radius 1 is 0.917 bits per heavy atom. The predicted octanol–water partition coefficient (Wildman–Crippen LogP) is 0.217. The molecule has 0 aromatic carbocycles. The van der Waals surface area contributed by atoms with Gasteiger partial charge in [-0.2, -0.15) is 0 Å². The summed E-state index contributed by atoms with van der Waals surface area (Å²) in [5.41, 5.74) is -2.74. The van der Waals surface area contributed by atoms with Gasteiger partial charge in [-0.3, -0.25) is 14.4 Å². The van der Waals surface area contributed by atoms with E-state index in [1.807, 2.05) is 0 Å². The van der Waals surface area contributed by atoms with Crippen molar-refractivity contribution in [3.05, 3.63) is 25.3 Å². The van der Waals surface area contributed by atoms with E-state index in [2.05, 4.69) is 13.2 Å². The van der Waals surface area contributed by atoms with Crippen molar-refractivity contribution in [3.8, 4) is 0 Å². The monoisotopic (exact) mass is 350 g/mol. The van der Waals surface area contributed by atoms with E-state index in [9.17, 15) is 14.4 Å². The van der Waals surface area contributed by atoms with Crippen molar-refractivity contribution in [1.82, 2.24) is 0 Å². The lowest BCUT2D eigenvalue weighted by atomic mass is 9.96. The van der Waals surface area contributed by atoms with Gasteiger partial charge in [-0.1, -0.05) is 12.2 Å². The van der Waals surface area contributed by atoms with E-state index in [1.165, 1.54) is 0 Å². The standard InChI is InChI=1S/C6H8O7.C6H10O.C2H4O2/c7-3(8)1-6(13,5(11)12)2-4(9)10;1-3-5-7-6-4-2;1-2(3)4/h13H,1-2H2,(H,7,8)(H,9,10)(H,11,12);3-4H,1-2,5-6H2;1H3,(H,3,4). The van der Waals surface area contributed by atoms with Gasteiger partial charge in [0.15, 0.2) is 5.60 Å². The van der Waals surface area contributed by atoms with Crippen LogP contribution in [0.15, 0.2) is 25.3 Å². The van der Waals surface area contributed by atoms with Crippen LogP contribution in [0.3, 0.4) is 0 Å². The molecule has 0 radical (unpaired) electrons. The van der Waals surface area contributed by atoms with Crippen LogP contribution in [0.1, 0.15) is 19.8 Å². The van der Waals surface area contributed by atoms with Gasteiger partial charge in [0.25, 0.3) is 5.97 Å². The third-order valence-electron chi connectivity index (χ3n) is 1.76. The van der Waals surface area contributed by atoms with Gasteiger partial charge in [0, 0.05) is 6.92 Å². The van der Waals surface area contributed by atoms with Crippen molar-refractivity contribution in [2.45, 2.75) is 25.4 Å². The minimum atomic E-state index is -2.74. The molecule has 0 bridgehead atoms. The van der Waals surface area contributed by atoms with Gasteiger partial charge in [-0.25, -0.2) is 4.79 Å². The van der Waals surface area contributed by atoms with Gasteiger partial charge in [-0.05, 0) is 0 Å². The summed E-state index contributed by atoms with van der Waals surface area (Å²) in [6.07, 6.45) is 1.14. The summed E-state index contributed by atoms with van der Waals surface area (Å²) in [6.45, 7) is 9.26. The largest absolute Gasteiger partial charge is 0.481 e.